The quantitative estimate of drug-likeness (QED) is 0.252. The van der Waals surface area contributed by atoms with Crippen LogP contribution in [0.5, 0.6) is 0 Å². The number of anilines is 1. The van der Waals surface area contributed by atoms with Gasteiger partial charge < -0.3 is 25.6 Å². The fourth-order valence-electron chi connectivity index (χ4n) is 3.63. The predicted molar refractivity (Wildman–Crippen MR) is 119 cm³/mol. The van der Waals surface area contributed by atoms with Crippen molar-refractivity contribution >= 4 is 34.5 Å². The SMILES string of the molecule is [2H]C([2H])([2H])NC(=O)[C@H]1O[C@@H](n2cnc3c(NCc4cn[nH]c4)nc(-c4cncc(Cl)c4)nc32)[C@H](O)[C@@H]1O. The van der Waals surface area contributed by atoms with Gasteiger partial charge in [-0.05, 0) is 6.07 Å². The van der Waals surface area contributed by atoms with Crippen molar-refractivity contribution in [2.75, 3.05) is 12.3 Å². The molecule has 0 unspecified atom stereocenters. The predicted octanol–water partition coefficient (Wildman–Crippen LogP) is 0.242. The molecule has 5 N–H and O–H groups in total. The number of ether oxygens (including phenoxy) is 1. The van der Waals surface area contributed by atoms with E-state index in [-0.39, 0.29) is 11.5 Å². The van der Waals surface area contributed by atoms with Crippen LogP contribution in [0.15, 0.2) is 37.2 Å². The molecule has 0 bridgehead atoms. The summed E-state index contributed by atoms with van der Waals surface area (Å²) in [5, 5.41) is 33.1. The molecule has 4 aromatic rings. The molecule has 5 rings (SSSR count). The molecule has 1 aliphatic rings. The average Bonchev–Trinajstić information content (AvgIpc) is 3.57. The first kappa shape index (κ1) is 18.7. The van der Waals surface area contributed by atoms with E-state index >= 15 is 0 Å². The summed E-state index contributed by atoms with van der Waals surface area (Å²) in [6.07, 6.45) is 1.38. The van der Waals surface area contributed by atoms with Gasteiger partial charge in [-0.15, -0.1) is 0 Å². The monoisotopic (exact) mass is 488 g/mol. The highest BCUT2D eigenvalue weighted by atomic mass is 35.5. The largest absolute Gasteiger partial charge is 0.387 e. The van der Waals surface area contributed by atoms with Crippen LogP contribution in [0.25, 0.3) is 22.6 Å². The zero-order valence-corrected chi connectivity index (χ0v) is 18.0. The lowest BCUT2D eigenvalue weighted by Gasteiger charge is -2.17. The summed E-state index contributed by atoms with van der Waals surface area (Å²) in [5.74, 6) is -0.533. The van der Waals surface area contributed by atoms with Gasteiger partial charge in [-0.1, -0.05) is 11.6 Å². The van der Waals surface area contributed by atoms with Crippen LogP contribution in [0, 0.1) is 0 Å². The fraction of sp³-hybridized carbons (Fsp3) is 0.300. The van der Waals surface area contributed by atoms with Gasteiger partial charge in [0.2, 0.25) is 0 Å². The Labute approximate surface area is 201 Å². The smallest absolute Gasteiger partial charge is 0.251 e. The Balaban J connectivity index is 1.54. The zero-order chi connectivity index (χ0) is 26.3. The molecular formula is C20H20ClN9O4. The molecule has 1 aliphatic heterocycles. The number of aromatic nitrogens is 7. The first-order chi connectivity index (χ1) is 17.6. The lowest BCUT2D eigenvalue weighted by Crippen LogP contribution is -2.41. The maximum Gasteiger partial charge on any atom is 0.251 e. The van der Waals surface area contributed by atoms with E-state index in [1.165, 1.54) is 23.3 Å². The van der Waals surface area contributed by atoms with E-state index in [1.54, 1.807) is 23.8 Å². The van der Waals surface area contributed by atoms with Gasteiger partial charge >= 0.3 is 0 Å². The number of rotatable bonds is 6. The highest BCUT2D eigenvalue weighted by molar-refractivity contribution is 6.30. The van der Waals surface area contributed by atoms with Crippen LogP contribution >= 0.6 is 11.6 Å². The minimum atomic E-state index is -2.80. The second-order valence-corrected chi connectivity index (χ2v) is 7.93. The number of aliphatic hydroxyl groups is 2. The van der Waals surface area contributed by atoms with Gasteiger partial charge in [0, 0.05) is 47.4 Å². The van der Waals surface area contributed by atoms with Gasteiger partial charge in [-0.25, -0.2) is 15.0 Å². The third kappa shape index (κ3) is 3.94. The standard InChI is InChI=1S/C20H20ClN9O4/c1-22-19(33)15-13(31)14(32)20(34-15)30-8-25-12-17(24-3-9-4-26-27-5-9)28-16(29-18(12)30)10-2-11(21)7-23-6-10/h2,4-8,13-15,20,31-32H,3H2,1H3,(H,22,33)(H,26,27)(H,24,28,29)/t13-,14+,15-,20+/m0/s1/i1D3. The second kappa shape index (κ2) is 8.95. The number of H-pyrrole nitrogens is 1. The van der Waals surface area contributed by atoms with Gasteiger partial charge in [0.25, 0.3) is 5.91 Å². The van der Waals surface area contributed by atoms with E-state index in [0.29, 0.717) is 28.5 Å². The summed E-state index contributed by atoms with van der Waals surface area (Å²) in [4.78, 5) is 29.9. The van der Waals surface area contributed by atoms with Crippen molar-refractivity contribution in [2.45, 2.75) is 31.1 Å². The molecule has 1 saturated heterocycles. The van der Waals surface area contributed by atoms with Crippen molar-refractivity contribution in [3.63, 3.8) is 0 Å². The highest BCUT2D eigenvalue weighted by Gasteiger charge is 2.47. The molecule has 0 saturated carbocycles. The van der Waals surface area contributed by atoms with Crippen molar-refractivity contribution in [3.05, 3.63) is 47.8 Å². The summed E-state index contributed by atoms with van der Waals surface area (Å²) in [6, 6.07) is 1.62. The minimum absolute atomic E-state index is 0.202. The van der Waals surface area contributed by atoms with Crippen molar-refractivity contribution in [3.8, 4) is 11.4 Å². The molecule has 4 aromatic heterocycles. The van der Waals surface area contributed by atoms with Gasteiger partial charge in [-0.3, -0.25) is 19.4 Å². The minimum Gasteiger partial charge on any atom is -0.387 e. The topological polar surface area (TPSA) is 176 Å². The van der Waals surface area contributed by atoms with Crippen LogP contribution in [0.1, 0.15) is 15.9 Å². The maximum atomic E-state index is 12.4. The number of carbonyl (C=O) groups is 1. The van der Waals surface area contributed by atoms with E-state index in [0.717, 1.165) is 5.56 Å². The second-order valence-electron chi connectivity index (χ2n) is 7.49. The van der Waals surface area contributed by atoms with E-state index in [1.807, 2.05) is 0 Å². The molecule has 14 heteroatoms. The summed E-state index contributed by atoms with van der Waals surface area (Å²) in [5.41, 5.74) is 1.85. The number of fused-ring (bicyclic) bond motifs is 1. The molecule has 0 aromatic carbocycles. The van der Waals surface area contributed by atoms with E-state index in [2.05, 4.69) is 35.5 Å². The normalized spacial score (nSPS) is 23.9. The maximum absolute atomic E-state index is 12.4. The number of halogens is 1. The number of nitrogens with zero attached hydrogens (tertiary/aromatic N) is 6. The molecule has 1 amide bonds. The number of pyridine rings is 1. The lowest BCUT2D eigenvalue weighted by atomic mass is 10.1. The number of imidazole rings is 1. The molecule has 0 spiro atoms. The number of hydrogen-bond acceptors (Lipinski definition) is 10. The summed E-state index contributed by atoms with van der Waals surface area (Å²) in [7, 11) is 0. The van der Waals surface area contributed by atoms with Crippen LogP contribution in [-0.2, 0) is 16.1 Å². The molecule has 1 fully saturated rings. The summed E-state index contributed by atoms with van der Waals surface area (Å²) < 4.78 is 28.6. The summed E-state index contributed by atoms with van der Waals surface area (Å²) >= 11 is 6.10. The van der Waals surface area contributed by atoms with E-state index in [9.17, 15) is 15.0 Å². The van der Waals surface area contributed by atoms with Gasteiger partial charge in [0.1, 0.15) is 12.2 Å². The lowest BCUT2D eigenvalue weighted by molar-refractivity contribution is -0.137. The van der Waals surface area contributed by atoms with Crippen LogP contribution in [-0.4, -0.2) is 76.1 Å². The Kier molecular flexibility index (Phi) is 4.93. The fourth-order valence-corrected chi connectivity index (χ4v) is 3.80. The van der Waals surface area contributed by atoms with E-state index in [4.69, 9.17) is 20.5 Å². The first-order valence-electron chi connectivity index (χ1n) is 11.5. The van der Waals surface area contributed by atoms with Crippen LogP contribution in [0.3, 0.4) is 0 Å². The molecule has 0 aliphatic carbocycles. The summed E-state index contributed by atoms with van der Waals surface area (Å²) in [6.45, 7) is -2.45. The average molecular weight is 489 g/mol. The third-order valence-electron chi connectivity index (χ3n) is 5.29. The Morgan fingerprint density at radius 1 is 1.32 bits per heavy atom. The number of carbonyl (C=O) groups excluding carboxylic acids is 1. The van der Waals surface area contributed by atoms with Crippen molar-refractivity contribution < 1.29 is 23.9 Å². The van der Waals surface area contributed by atoms with Crippen molar-refractivity contribution in [1.82, 2.24) is 40.0 Å². The van der Waals surface area contributed by atoms with Gasteiger partial charge in [0.05, 0.1) is 17.5 Å². The Bertz CT molecular complexity index is 1430. The van der Waals surface area contributed by atoms with Crippen LogP contribution in [0.2, 0.25) is 5.02 Å². The Morgan fingerprint density at radius 2 is 2.21 bits per heavy atom. The van der Waals surface area contributed by atoms with Gasteiger partial charge in [0.15, 0.2) is 35.1 Å². The number of aromatic amines is 1. The molecule has 34 heavy (non-hydrogen) atoms. The van der Waals surface area contributed by atoms with E-state index < -0.39 is 37.4 Å². The number of hydrogen-bond donors (Lipinski definition) is 5. The zero-order valence-electron chi connectivity index (χ0n) is 20.3. The number of likely N-dealkylation sites (N-methyl/N-ethyl adjacent to an activating group) is 1. The number of nitrogens with one attached hydrogen (secondary N) is 3. The van der Waals surface area contributed by atoms with Crippen molar-refractivity contribution in [2.24, 2.45) is 0 Å². The molecule has 13 nitrogen and oxygen atoms in total. The molecule has 176 valence electrons. The van der Waals surface area contributed by atoms with Crippen molar-refractivity contribution in [1.29, 1.82) is 0 Å². The van der Waals surface area contributed by atoms with Gasteiger partial charge in [-0.2, -0.15) is 5.10 Å². The molecule has 5 heterocycles. The molecular weight excluding hydrogens is 466 g/mol. The molecule has 4 atom stereocenters. The third-order valence-corrected chi connectivity index (χ3v) is 5.50. The van der Waals surface area contributed by atoms with Crippen LogP contribution < -0.4 is 10.6 Å². The first-order valence-corrected chi connectivity index (χ1v) is 10.4. The Morgan fingerprint density at radius 3 is 2.97 bits per heavy atom. The highest BCUT2D eigenvalue weighted by Crippen LogP contribution is 2.33. The molecule has 0 radical (unpaired) electrons. The van der Waals surface area contributed by atoms with Crippen LogP contribution in [0.4, 0.5) is 5.82 Å². The Hall–Kier alpha value is -3.65. The number of aliphatic hydroxyl groups excluding tert-OH is 2. The number of amides is 1.